The summed E-state index contributed by atoms with van der Waals surface area (Å²) in [5.41, 5.74) is 5.39. The Morgan fingerprint density at radius 3 is 2.83 bits per heavy atom. The summed E-state index contributed by atoms with van der Waals surface area (Å²) in [5.74, 6) is 0.862. The average Bonchev–Trinajstić information content (AvgIpc) is 2.38. The topological polar surface area (TPSA) is 66.0 Å². The van der Waals surface area contributed by atoms with Gasteiger partial charge >= 0.3 is 6.01 Å². The lowest BCUT2D eigenvalue weighted by atomic mass is 10.4. The van der Waals surface area contributed by atoms with E-state index in [2.05, 4.69) is 10.2 Å². The van der Waals surface area contributed by atoms with E-state index in [0.29, 0.717) is 19.2 Å². The standard InChI is InChI=1S/C7H14N4O/c1-3-12-7-10-9-6(4-5-8)11(7)2/h3-5,8H2,1-2H3. The average molecular weight is 170 g/mol. The van der Waals surface area contributed by atoms with Gasteiger partial charge in [-0.2, -0.15) is 0 Å². The lowest BCUT2D eigenvalue weighted by Gasteiger charge is -2.01. The molecule has 0 aromatic carbocycles. The smallest absolute Gasteiger partial charge is 0.316 e. The second kappa shape index (κ2) is 4.06. The fourth-order valence-electron chi connectivity index (χ4n) is 0.947. The first kappa shape index (κ1) is 8.99. The maximum absolute atomic E-state index is 5.39. The van der Waals surface area contributed by atoms with Crippen molar-refractivity contribution >= 4 is 0 Å². The Kier molecular flexibility index (Phi) is 3.04. The molecule has 0 unspecified atom stereocenters. The lowest BCUT2D eigenvalue weighted by Crippen LogP contribution is -2.08. The molecule has 0 aliphatic carbocycles. The van der Waals surface area contributed by atoms with Gasteiger partial charge in [-0.25, -0.2) is 0 Å². The number of hydrogen-bond donors (Lipinski definition) is 1. The molecule has 0 radical (unpaired) electrons. The van der Waals surface area contributed by atoms with Crippen LogP contribution >= 0.6 is 0 Å². The highest BCUT2D eigenvalue weighted by Crippen LogP contribution is 2.06. The minimum absolute atomic E-state index is 0.556. The first-order chi connectivity index (χ1) is 5.79. The zero-order valence-electron chi connectivity index (χ0n) is 7.45. The van der Waals surface area contributed by atoms with Gasteiger partial charge in [-0.15, -0.1) is 5.10 Å². The molecule has 1 aromatic rings. The first-order valence-corrected chi connectivity index (χ1v) is 4.00. The molecule has 0 spiro atoms. The van der Waals surface area contributed by atoms with Crippen molar-refractivity contribution < 1.29 is 4.74 Å². The van der Waals surface area contributed by atoms with Gasteiger partial charge in [0.05, 0.1) is 6.61 Å². The van der Waals surface area contributed by atoms with Crippen LogP contribution in [0.15, 0.2) is 0 Å². The van der Waals surface area contributed by atoms with Crippen molar-refractivity contribution in [2.75, 3.05) is 13.2 Å². The quantitative estimate of drug-likeness (QED) is 0.674. The predicted octanol–water partition coefficient (Wildman–Crippen LogP) is -0.285. The third-order valence-corrected chi connectivity index (χ3v) is 1.57. The van der Waals surface area contributed by atoms with E-state index < -0.39 is 0 Å². The van der Waals surface area contributed by atoms with Crippen LogP contribution in [0.5, 0.6) is 6.01 Å². The van der Waals surface area contributed by atoms with Gasteiger partial charge in [0.15, 0.2) is 0 Å². The van der Waals surface area contributed by atoms with E-state index in [0.717, 1.165) is 12.2 Å². The van der Waals surface area contributed by atoms with Gasteiger partial charge in [0.1, 0.15) is 5.82 Å². The van der Waals surface area contributed by atoms with E-state index >= 15 is 0 Å². The van der Waals surface area contributed by atoms with Gasteiger partial charge in [0.25, 0.3) is 0 Å². The van der Waals surface area contributed by atoms with Gasteiger partial charge in [0, 0.05) is 13.5 Å². The van der Waals surface area contributed by atoms with Crippen LogP contribution in [-0.4, -0.2) is 27.9 Å². The van der Waals surface area contributed by atoms with Gasteiger partial charge in [-0.3, -0.25) is 4.57 Å². The number of ether oxygens (including phenoxy) is 1. The summed E-state index contributed by atoms with van der Waals surface area (Å²) in [4.78, 5) is 0. The van der Waals surface area contributed by atoms with E-state index in [9.17, 15) is 0 Å². The lowest BCUT2D eigenvalue weighted by molar-refractivity contribution is 0.300. The van der Waals surface area contributed by atoms with Crippen LogP contribution in [0.4, 0.5) is 0 Å². The normalized spacial score (nSPS) is 10.2. The van der Waals surface area contributed by atoms with Crippen molar-refractivity contribution in [3.8, 4) is 6.01 Å². The molecule has 1 rings (SSSR count). The Morgan fingerprint density at radius 1 is 1.50 bits per heavy atom. The molecule has 0 bridgehead atoms. The number of rotatable bonds is 4. The highest BCUT2D eigenvalue weighted by molar-refractivity contribution is 4.99. The summed E-state index contributed by atoms with van der Waals surface area (Å²) in [6, 6.07) is 0.556. The van der Waals surface area contributed by atoms with E-state index in [1.165, 1.54) is 0 Å². The third kappa shape index (κ3) is 1.73. The maximum atomic E-state index is 5.39. The third-order valence-electron chi connectivity index (χ3n) is 1.57. The van der Waals surface area contributed by atoms with Crippen molar-refractivity contribution in [2.24, 2.45) is 12.8 Å². The molecule has 0 fully saturated rings. The van der Waals surface area contributed by atoms with Gasteiger partial charge in [-0.1, -0.05) is 5.10 Å². The van der Waals surface area contributed by atoms with Gasteiger partial charge < -0.3 is 10.5 Å². The molecule has 5 heteroatoms. The zero-order valence-corrected chi connectivity index (χ0v) is 7.45. The monoisotopic (exact) mass is 170 g/mol. The minimum atomic E-state index is 0.556. The highest BCUT2D eigenvalue weighted by atomic mass is 16.5. The minimum Gasteiger partial charge on any atom is -0.464 e. The second-order valence-electron chi connectivity index (χ2n) is 2.43. The summed E-state index contributed by atoms with van der Waals surface area (Å²) in [7, 11) is 1.87. The summed E-state index contributed by atoms with van der Waals surface area (Å²) in [6.45, 7) is 3.10. The molecule has 1 heterocycles. The number of nitrogens with two attached hydrogens (primary N) is 1. The molecule has 0 aliphatic heterocycles. The molecule has 1 aromatic heterocycles. The van der Waals surface area contributed by atoms with Crippen LogP contribution in [0.25, 0.3) is 0 Å². The molecule has 0 amide bonds. The van der Waals surface area contributed by atoms with Crippen LogP contribution in [0.1, 0.15) is 12.7 Å². The van der Waals surface area contributed by atoms with Crippen LogP contribution < -0.4 is 10.5 Å². The van der Waals surface area contributed by atoms with Crippen molar-refractivity contribution in [1.29, 1.82) is 0 Å². The van der Waals surface area contributed by atoms with Crippen molar-refractivity contribution in [3.63, 3.8) is 0 Å². The Balaban J connectivity index is 2.74. The Hall–Kier alpha value is -1.10. The largest absolute Gasteiger partial charge is 0.464 e. The molecule has 0 saturated heterocycles. The second-order valence-corrected chi connectivity index (χ2v) is 2.43. The molecular formula is C7H14N4O. The summed E-state index contributed by atoms with van der Waals surface area (Å²) in [5, 5.41) is 7.79. The van der Waals surface area contributed by atoms with Crippen molar-refractivity contribution in [2.45, 2.75) is 13.3 Å². The van der Waals surface area contributed by atoms with E-state index in [-0.39, 0.29) is 0 Å². The van der Waals surface area contributed by atoms with Gasteiger partial charge in [0.2, 0.25) is 0 Å². The Labute approximate surface area is 71.5 Å². The Morgan fingerprint density at radius 2 is 2.25 bits per heavy atom. The maximum Gasteiger partial charge on any atom is 0.316 e. The van der Waals surface area contributed by atoms with Crippen LogP contribution in [0.2, 0.25) is 0 Å². The molecule has 12 heavy (non-hydrogen) atoms. The zero-order chi connectivity index (χ0) is 8.97. The molecular weight excluding hydrogens is 156 g/mol. The number of hydrogen-bond acceptors (Lipinski definition) is 4. The summed E-state index contributed by atoms with van der Waals surface area (Å²) >= 11 is 0. The molecule has 0 atom stereocenters. The first-order valence-electron chi connectivity index (χ1n) is 4.00. The van der Waals surface area contributed by atoms with Crippen LogP contribution in [0, 0.1) is 0 Å². The SMILES string of the molecule is CCOc1nnc(CCN)n1C. The molecule has 2 N–H and O–H groups in total. The fraction of sp³-hybridized carbons (Fsp3) is 0.714. The van der Waals surface area contributed by atoms with Crippen LogP contribution in [0.3, 0.4) is 0 Å². The Bertz CT molecular complexity index is 222. The summed E-state index contributed by atoms with van der Waals surface area (Å²) < 4.78 is 7.03. The molecule has 68 valence electrons. The predicted molar refractivity (Wildman–Crippen MR) is 44.9 cm³/mol. The van der Waals surface area contributed by atoms with Crippen molar-refractivity contribution in [1.82, 2.24) is 14.8 Å². The summed E-state index contributed by atoms with van der Waals surface area (Å²) in [6.07, 6.45) is 0.733. The number of nitrogens with zero attached hydrogens (tertiary/aromatic N) is 3. The van der Waals surface area contributed by atoms with E-state index in [4.69, 9.17) is 10.5 Å². The van der Waals surface area contributed by atoms with E-state index in [1.54, 1.807) is 0 Å². The fourth-order valence-corrected chi connectivity index (χ4v) is 0.947. The number of aromatic nitrogens is 3. The highest BCUT2D eigenvalue weighted by Gasteiger charge is 2.07. The molecule has 0 saturated carbocycles. The van der Waals surface area contributed by atoms with Crippen LogP contribution in [-0.2, 0) is 13.5 Å². The molecule has 5 nitrogen and oxygen atoms in total. The van der Waals surface area contributed by atoms with Crippen molar-refractivity contribution in [3.05, 3.63) is 5.82 Å². The molecule has 0 aliphatic rings. The van der Waals surface area contributed by atoms with Gasteiger partial charge in [-0.05, 0) is 13.5 Å². The van der Waals surface area contributed by atoms with E-state index in [1.807, 2.05) is 18.5 Å².